The molecule has 24 heavy (non-hydrogen) atoms. The highest BCUT2D eigenvalue weighted by Crippen LogP contribution is 2.28. The minimum atomic E-state index is -0.254. The Morgan fingerprint density at radius 2 is 1.58 bits per heavy atom. The standard InChI is InChI=1S/C19H22O5/c1-21-16-7-5-4-6-15(16)13-24-19(20)11-9-14-8-10-17(22-2)18(12-14)23-3/h4-8,10,12H,9,11,13H2,1-3H3. The maximum atomic E-state index is 11.9. The smallest absolute Gasteiger partial charge is 0.306 e. The van der Waals surface area contributed by atoms with E-state index in [2.05, 4.69) is 0 Å². The van der Waals surface area contributed by atoms with Crippen molar-refractivity contribution in [3.05, 3.63) is 53.6 Å². The molecule has 0 bridgehead atoms. The fourth-order valence-electron chi connectivity index (χ4n) is 2.34. The van der Waals surface area contributed by atoms with E-state index in [9.17, 15) is 4.79 Å². The van der Waals surface area contributed by atoms with Gasteiger partial charge in [0.2, 0.25) is 0 Å². The number of hydrogen-bond acceptors (Lipinski definition) is 5. The van der Waals surface area contributed by atoms with Crippen molar-refractivity contribution in [1.29, 1.82) is 0 Å². The van der Waals surface area contributed by atoms with Gasteiger partial charge in [0.05, 0.1) is 21.3 Å². The third-order valence-electron chi connectivity index (χ3n) is 3.65. The van der Waals surface area contributed by atoms with Gasteiger partial charge in [0.15, 0.2) is 11.5 Å². The molecule has 2 rings (SSSR count). The van der Waals surface area contributed by atoms with Crippen LogP contribution in [0.25, 0.3) is 0 Å². The number of hydrogen-bond donors (Lipinski definition) is 0. The molecule has 2 aromatic carbocycles. The molecule has 0 aliphatic heterocycles. The lowest BCUT2D eigenvalue weighted by Gasteiger charge is -2.10. The second kappa shape index (κ2) is 8.82. The van der Waals surface area contributed by atoms with Crippen molar-refractivity contribution in [3.8, 4) is 17.2 Å². The number of carbonyl (C=O) groups is 1. The summed E-state index contributed by atoms with van der Waals surface area (Å²) in [5.74, 6) is 1.78. The number of benzene rings is 2. The van der Waals surface area contributed by atoms with E-state index in [-0.39, 0.29) is 12.6 Å². The van der Waals surface area contributed by atoms with Crippen LogP contribution >= 0.6 is 0 Å². The summed E-state index contributed by atoms with van der Waals surface area (Å²) in [7, 11) is 4.77. The van der Waals surface area contributed by atoms with E-state index < -0.39 is 0 Å². The highest BCUT2D eigenvalue weighted by atomic mass is 16.5. The van der Waals surface area contributed by atoms with Crippen LogP contribution in [0.15, 0.2) is 42.5 Å². The predicted molar refractivity (Wildman–Crippen MR) is 90.7 cm³/mol. The molecule has 0 fully saturated rings. The number of esters is 1. The molecular formula is C19H22O5. The first-order chi connectivity index (χ1) is 11.7. The molecule has 0 amide bonds. The first-order valence-electron chi connectivity index (χ1n) is 7.66. The van der Waals surface area contributed by atoms with Crippen molar-refractivity contribution < 1.29 is 23.7 Å². The predicted octanol–water partition coefficient (Wildman–Crippen LogP) is 3.39. The Balaban J connectivity index is 1.87. The maximum Gasteiger partial charge on any atom is 0.306 e. The topological polar surface area (TPSA) is 54.0 Å². The number of methoxy groups -OCH3 is 3. The molecule has 5 nitrogen and oxygen atoms in total. The van der Waals surface area contributed by atoms with Crippen LogP contribution in [0.5, 0.6) is 17.2 Å². The second-order valence-electron chi connectivity index (χ2n) is 5.16. The number of carbonyl (C=O) groups excluding carboxylic acids is 1. The van der Waals surface area contributed by atoms with E-state index >= 15 is 0 Å². The van der Waals surface area contributed by atoms with Gasteiger partial charge < -0.3 is 18.9 Å². The van der Waals surface area contributed by atoms with E-state index in [1.54, 1.807) is 21.3 Å². The Kier molecular flexibility index (Phi) is 6.49. The molecule has 0 aliphatic carbocycles. The summed E-state index contributed by atoms with van der Waals surface area (Å²) in [6, 6.07) is 13.1. The lowest BCUT2D eigenvalue weighted by Crippen LogP contribution is -2.06. The Labute approximate surface area is 142 Å². The normalized spacial score (nSPS) is 10.1. The zero-order chi connectivity index (χ0) is 17.4. The number of ether oxygens (including phenoxy) is 4. The molecule has 0 saturated carbocycles. The van der Waals surface area contributed by atoms with Gasteiger partial charge in [0.1, 0.15) is 12.4 Å². The molecule has 0 heterocycles. The maximum absolute atomic E-state index is 11.9. The molecule has 5 heteroatoms. The molecule has 2 aromatic rings. The van der Waals surface area contributed by atoms with Gasteiger partial charge in [-0.05, 0) is 30.2 Å². The number of rotatable bonds is 8. The molecule has 0 radical (unpaired) electrons. The monoisotopic (exact) mass is 330 g/mol. The van der Waals surface area contributed by atoms with Gasteiger partial charge in [-0.25, -0.2) is 0 Å². The SMILES string of the molecule is COc1ccccc1COC(=O)CCc1ccc(OC)c(OC)c1. The van der Waals surface area contributed by atoms with Gasteiger partial charge in [-0.2, -0.15) is 0 Å². The van der Waals surface area contributed by atoms with Gasteiger partial charge in [0.25, 0.3) is 0 Å². The van der Waals surface area contributed by atoms with Crippen molar-refractivity contribution >= 4 is 5.97 Å². The third kappa shape index (κ3) is 4.65. The van der Waals surface area contributed by atoms with Crippen LogP contribution in [0.1, 0.15) is 17.5 Å². The van der Waals surface area contributed by atoms with Gasteiger partial charge in [-0.1, -0.05) is 24.3 Å². The van der Waals surface area contributed by atoms with Crippen LogP contribution in [-0.4, -0.2) is 27.3 Å². The summed E-state index contributed by atoms with van der Waals surface area (Å²) in [5, 5.41) is 0. The van der Waals surface area contributed by atoms with Gasteiger partial charge in [-0.15, -0.1) is 0 Å². The Hall–Kier alpha value is -2.69. The fraction of sp³-hybridized carbons (Fsp3) is 0.316. The van der Waals surface area contributed by atoms with Crippen molar-refractivity contribution in [1.82, 2.24) is 0 Å². The van der Waals surface area contributed by atoms with E-state index in [1.807, 2.05) is 42.5 Å². The summed E-state index contributed by atoms with van der Waals surface area (Å²) in [4.78, 5) is 11.9. The van der Waals surface area contributed by atoms with Gasteiger partial charge >= 0.3 is 5.97 Å². The molecule has 0 aliphatic rings. The summed E-state index contributed by atoms with van der Waals surface area (Å²) in [6.07, 6.45) is 0.871. The number of aryl methyl sites for hydroxylation is 1. The zero-order valence-corrected chi connectivity index (χ0v) is 14.2. The van der Waals surface area contributed by atoms with E-state index in [1.165, 1.54) is 0 Å². The first kappa shape index (κ1) is 17.7. The zero-order valence-electron chi connectivity index (χ0n) is 14.2. The Bertz CT molecular complexity index is 681. The van der Waals surface area contributed by atoms with E-state index in [0.29, 0.717) is 30.1 Å². The first-order valence-corrected chi connectivity index (χ1v) is 7.66. The highest BCUT2D eigenvalue weighted by molar-refractivity contribution is 5.69. The minimum absolute atomic E-state index is 0.203. The molecule has 0 N–H and O–H groups in total. The van der Waals surface area contributed by atoms with Crippen molar-refractivity contribution in [2.75, 3.05) is 21.3 Å². The third-order valence-corrected chi connectivity index (χ3v) is 3.65. The quantitative estimate of drug-likeness (QED) is 0.695. The molecular weight excluding hydrogens is 308 g/mol. The lowest BCUT2D eigenvalue weighted by molar-refractivity contribution is -0.144. The molecule has 0 saturated heterocycles. The summed E-state index contributed by atoms with van der Waals surface area (Å²) in [6.45, 7) is 0.203. The molecule has 128 valence electrons. The van der Waals surface area contributed by atoms with Crippen molar-refractivity contribution in [3.63, 3.8) is 0 Å². The van der Waals surface area contributed by atoms with E-state index in [0.717, 1.165) is 11.1 Å². The van der Waals surface area contributed by atoms with Crippen LogP contribution in [0.4, 0.5) is 0 Å². The number of para-hydroxylation sites is 1. The van der Waals surface area contributed by atoms with Crippen molar-refractivity contribution in [2.24, 2.45) is 0 Å². The molecule has 0 unspecified atom stereocenters. The van der Waals surface area contributed by atoms with Gasteiger partial charge in [-0.3, -0.25) is 4.79 Å². The molecule has 0 spiro atoms. The second-order valence-corrected chi connectivity index (χ2v) is 5.16. The molecule has 0 atom stereocenters. The van der Waals surface area contributed by atoms with Crippen LogP contribution in [0, 0.1) is 0 Å². The summed E-state index contributed by atoms with van der Waals surface area (Å²) < 4.78 is 21.0. The van der Waals surface area contributed by atoms with Gasteiger partial charge in [0, 0.05) is 12.0 Å². The summed E-state index contributed by atoms with van der Waals surface area (Å²) >= 11 is 0. The average Bonchev–Trinajstić information content (AvgIpc) is 2.64. The van der Waals surface area contributed by atoms with Crippen LogP contribution in [-0.2, 0) is 22.6 Å². The Morgan fingerprint density at radius 3 is 2.29 bits per heavy atom. The minimum Gasteiger partial charge on any atom is -0.496 e. The Morgan fingerprint density at radius 1 is 0.875 bits per heavy atom. The van der Waals surface area contributed by atoms with Crippen molar-refractivity contribution in [2.45, 2.75) is 19.4 Å². The van der Waals surface area contributed by atoms with E-state index in [4.69, 9.17) is 18.9 Å². The van der Waals surface area contributed by atoms with Crippen LogP contribution in [0.3, 0.4) is 0 Å². The fourth-order valence-corrected chi connectivity index (χ4v) is 2.34. The average molecular weight is 330 g/mol. The molecule has 0 aromatic heterocycles. The highest BCUT2D eigenvalue weighted by Gasteiger charge is 2.09. The largest absolute Gasteiger partial charge is 0.496 e. The lowest BCUT2D eigenvalue weighted by atomic mass is 10.1. The van der Waals surface area contributed by atoms with Crippen LogP contribution < -0.4 is 14.2 Å². The summed E-state index contributed by atoms with van der Waals surface area (Å²) in [5.41, 5.74) is 1.83. The van der Waals surface area contributed by atoms with Crippen LogP contribution in [0.2, 0.25) is 0 Å².